The molecule has 24 heavy (non-hydrogen) atoms. The van der Waals surface area contributed by atoms with E-state index in [2.05, 4.69) is 9.88 Å². The Morgan fingerprint density at radius 3 is 2.83 bits per heavy atom. The molecule has 2 aliphatic heterocycles. The van der Waals surface area contributed by atoms with Crippen molar-refractivity contribution in [3.8, 4) is 5.75 Å². The fourth-order valence-electron chi connectivity index (χ4n) is 3.43. The van der Waals surface area contributed by atoms with Crippen LogP contribution in [0.2, 0.25) is 0 Å². The number of hydrogen-bond acceptors (Lipinski definition) is 5. The van der Waals surface area contributed by atoms with Crippen LogP contribution in [0.25, 0.3) is 0 Å². The van der Waals surface area contributed by atoms with Crippen molar-refractivity contribution < 1.29 is 14.3 Å². The molecule has 0 N–H and O–H groups in total. The molecule has 2 fully saturated rings. The van der Waals surface area contributed by atoms with Gasteiger partial charge in [0.1, 0.15) is 17.7 Å². The summed E-state index contributed by atoms with van der Waals surface area (Å²) < 4.78 is 11.0. The highest BCUT2D eigenvalue weighted by Crippen LogP contribution is 2.32. The summed E-state index contributed by atoms with van der Waals surface area (Å²) in [4.78, 5) is 20.6. The summed E-state index contributed by atoms with van der Waals surface area (Å²) in [5, 5.41) is 0. The molecular formula is C18H19N3O3. The SMILES string of the molecule is COc1ccccc1CN1C(=O)O[C@H]2CN(c3ccccn3)C[C@H]21. The highest BCUT2D eigenvalue weighted by atomic mass is 16.6. The van der Waals surface area contributed by atoms with Crippen molar-refractivity contribution in [3.05, 3.63) is 54.2 Å². The van der Waals surface area contributed by atoms with E-state index < -0.39 is 0 Å². The van der Waals surface area contributed by atoms with Crippen LogP contribution in [0.4, 0.5) is 10.6 Å². The van der Waals surface area contributed by atoms with Crippen molar-refractivity contribution in [2.75, 3.05) is 25.1 Å². The first-order valence-electron chi connectivity index (χ1n) is 8.01. The van der Waals surface area contributed by atoms with Crippen LogP contribution in [0.5, 0.6) is 5.75 Å². The van der Waals surface area contributed by atoms with Crippen molar-refractivity contribution in [2.24, 2.45) is 0 Å². The predicted octanol–water partition coefficient (Wildman–Crippen LogP) is 2.30. The highest BCUT2D eigenvalue weighted by Gasteiger charge is 2.48. The quantitative estimate of drug-likeness (QED) is 0.863. The van der Waals surface area contributed by atoms with Crippen molar-refractivity contribution in [3.63, 3.8) is 0 Å². The first-order valence-corrected chi connectivity index (χ1v) is 8.01. The summed E-state index contributed by atoms with van der Waals surface area (Å²) in [6, 6.07) is 13.6. The summed E-state index contributed by atoms with van der Waals surface area (Å²) in [5.74, 6) is 1.70. The molecule has 2 saturated heterocycles. The second kappa shape index (κ2) is 6.03. The third-order valence-electron chi connectivity index (χ3n) is 4.63. The largest absolute Gasteiger partial charge is 0.496 e. The van der Waals surface area contributed by atoms with Crippen LogP contribution < -0.4 is 9.64 Å². The lowest BCUT2D eigenvalue weighted by Gasteiger charge is -2.23. The molecule has 1 amide bonds. The Hall–Kier alpha value is -2.76. The Bertz CT molecular complexity index is 737. The van der Waals surface area contributed by atoms with E-state index in [0.717, 1.165) is 23.7 Å². The highest BCUT2D eigenvalue weighted by molar-refractivity contribution is 5.72. The maximum atomic E-state index is 12.3. The van der Waals surface area contributed by atoms with Crippen LogP contribution in [-0.4, -0.2) is 48.3 Å². The van der Waals surface area contributed by atoms with Crippen LogP contribution in [0, 0.1) is 0 Å². The van der Waals surface area contributed by atoms with E-state index >= 15 is 0 Å². The van der Waals surface area contributed by atoms with Crippen molar-refractivity contribution in [1.29, 1.82) is 0 Å². The molecule has 1 aromatic carbocycles. The van der Waals surface area contributed by atoms with Crippen molar-refractivity contribution >= 4 is 11.9 Å². The number of hydrogen-bond donors (Lipinski definition) is 0. The number of benzene rings is 1. The molecule has 0 unspecified atom stereocenters. The van der Waals surface area contributed by atoms with Gasteiger partial charge in [0.2, 0.25) is 0 Å². The molecule has 2 aromatic rings. The summed E-state index contributed by atoms with van der Waals surface area (Å²) in [7, 11) is 1.64. The Labute approximate surface area is 140 Å². The second-order valence-corrected chi connectivity index (χ2v) is 6.02. The molecule has 3 heterocycles. The third kappa shape index (κ3) is 2.54. The monoisotopic (exact) mass is 325 g/mol. The van der Waals surface area contributed by atoms with Crippen LogP contribution >= 0.6 is 0 Å². The molecule has 124 valence electrons. The van der Waals surface area contributed by atoms with Crippen molar-refractivity contribution in [2.45, 2.75) is 18.7 Å². The molecule has 0 spiro atoms. The van der Waals surface area contributed by atoms with Crippen molar-refractivity contribution in [1.82, 2.24) is 9.88 Å². The maximum Gasteiger partial charge on any atom is 0.410 e. The number of pyridine rings is 1. The van der Waals surface area contributed by atoms with Gasteiger partial charge in [-0.1, -0.05) is 24.3 Å². The van der Waals surface area contributed by atoms with Gasteiger partial charge in [-0.05, 0) is 18.2 Å². The number of carbonyl (C=O) groups is 1. The van der Waals surface area contributed by atoms with Crippen LogP contribution in [0.3, 0.4) is 0 Å². The molecule has 2 atom stereocenters. The van der Waals surface area contributed by atoms with Crippen LogP contribution in [0.15, 0.2) is 48.7 Å². The zero-order chi connectivity index (χ0) is 16.5. The number of anilines is 1. The summed E-state index contributed by atoms with van der Waals surface area (Å²) in [6.45, 7) is 1.89. The average Bonchev–Trinajstić information content (AvgIpc) is 3.15. The van der Waals surface area contributed by atoms with Crippen LogP contribution in [-0.2, 0) is 11.3 Å². The maximum absolute atomic E-state index is 12.3. The van der Waals surface area contributed by atoms with Gasteiger partial charge in [0.25, 0.3) is 0 Å². The molecule has 0 saturated carbocycles. The number of nitrogens with zero attached hydrogens (tertiary/aromatic N) is 3. The number of fused-ring (bicyclic) bond motifs is 1. The Kier molecular flexibility index (Phi) is 3.72. The smallest absolute Gasteiger partial charge is 0.410 e. The van der Waals surface area contributed by atoms with Gasteiger partial charge in [0.05, 0.1) is 26.2 Å². The minimum absolute atomic E-state index is 0.0319. The molecule has 4 rings (SSSR count). The number of carbonyl (C=O) groups excluding carboxylic acids is 1. The van der Waals surface area contributed by atoms with Gasteiger partial charge in [0, 0.05) is 18.3 Å². The molecule has 1 aromatic heterocycles. The van der Waals surface area contributed by atoms with Gasteiger partial charge < -0.3 is 14.4 Å². The summed E-state index contributed by atoms with van der Waals surface area (Å²) >= 11 is 0. The third-order valence-corrected chi connectivity index (χ3v) is 4.63. The number of aromatic nitrogens is 1. The fourth-order valence-corrected chi connectivity index (χ4v) is 3.43. The fraction of sp³-hybridized carbons (Fsp3) is 0.333. The van der Waals surface area contributed by atoms with Gasteiger partial charge in [-0.2, -0.15) is 0 Å². The topological polar surface area (TPSA) is 54.9 Å². The summed E-state index contributed by atoms with van der Waals surface area (Å²) in [6.07, 6.45) is 1.41. The minimum Gasteiger partial charge on any atom is -0.496 e. The lowest BCUT2D eigenvalue weighted by Crippen LogP contribution is -2.37. The van der Waals surface area contributed by atoms with Gasteiger partial charge in [0.15, 0.2) is 0 Å². The van der Waals surface area contributed by atoms with E-state index in [-0.39, 0.29) is 18.2 Å². The normalized spacial score (nSPS) is 22.5. The van der Waals surface area contributed by atoms with Gasteiger partial charge in [-0.15, -0.1) is 0 Å². The molecular weight excluding hydrogens is 306 g/mol. The standard InChI is InChI=1S/C18H19N3O3/c1-23-15-7-3-2-6-13(15)10-21-14-11-20(12-16(14)24-18(21)22)17-8-4-5-9-19-17/h2-9,14,16H,10-12H2,1H3/t14-,16+/m1/s1. The van der Waals surface area contributed by atoms with E-state index in [0.29, 0.717) is 13.1 Å². The second-order valence-electron chi connectivity index (χ2n) is 6.02. The van der Waals surface area contributed by atoms with E-state index in [1.807, 2.05) is 42.5 Å². The van der Waals surface area contributed by atoms with E-state index in [4.69, 9.17) is 9.47 Å². The molecule has 2 aliphatic rings. The number of amides is 1. The molecule has 0 radical (unpaired) electrons. The zero-order valence-corrected chi connectivity index (χ0v) is 13.5. The Morgan fingerprint density at radius 1 is 1.21 bits per heavy atom. The van der Waals surface area contributed by atoms with Gasteiger partial charge in [-0.3, -0.25) is 4.90 Å². The molecule has 0 bridgehead atoms. The molecule has 0 aliphatic carbocycles. The summed E-state index contributed by atoms with van der Waals surface area (Å²) in [5.41, 5.74) is 0.980. The van der Waals surface area contributed by atoms with E-state index in [1.165, 1.54) is 0 Å². The van der Waals surface area contributed by atoms with E-state index in [9.17, 15) is 4.79 Å². The van der Waals surface area contributed by atoms with Gasteiger partial charge >= 0.3 is 6.09 Å². The lowest BCUT2D eigenvalue weighted by atomic mass is 10.1. The first kappa shape index (κ1) is 14.8. The number of para-hydroxylation sites is 1. The predicted molar refractivity (Wildman–Crippen MR) is 89.0 cm³/mol. The Morgan fingerprint density at radius 2 is 2.04 bits per heavy atom. The zero-order valence-electron chi connectivity index (χ0n) is 13.5. The lowest BCUT2D eigenvalue weighted by molar-refractivity contribution is 0.135. The van der Waals surface area contributed by atoms with Gasteiger partial charge in [-0.25, -0.2) is 9.78 Å². The number of ether oxygens (including phenoxy) is 2. The Balaban J connectivity index is 1.53. The average molecular weight is 325 g/mol. The number of methoxy groups -OCH3 is 1. The first-order chi connectivity index (χ1) is 11.8. The molecule has 6 nitrogen and oxygen atoms in total. The van der Waals surface area contributed by atoms with E-state index in [1.54, 1.807) is 18.2 Å². The van der Waals surface area contributed by atoms with Crippen LogP contribution in [0.1, 0.15) is 5.56 Å². The number of rotatable bonds is 4. The minimum atomic E-state index is -0.253. The molecule has 6 heteroatoms.